The van der Waals surface area contributed by atoms with Crippen molar-refractivity contribution in [2.75, 3.05) is 5.32 Å². The predicted molar refractivity (Wildman–Crippen MR) is 66.7 cm³/mol. The van der Waals surface area contributed by atoms with Crippen LogP contribution in [0.4, 0.5) is 5.13 Å². The van der Waals surface area contributed by atoms with Crippen LogP contribution in [0.25, 0.3) is 0 Å². The summed E-state index contributed by atoms with van der Waals surface area (Å²) in [6, 6.07) is 7.17. The summed E-state index contributed by atoms with van der Waals surface area (Å²) in [6.07, 6.45) is 0. The summed E-state index contributed by atoms with van der Waals surface area (Å²) >= 11 is 4.49. The van der Waals surface area contributed by atoms with Gasteiger partial charge >= 0.3 is 0 Å². The average molecular weight is 298 g/mol. The molecule has 1 amide bonds. The first kappa shape index (κ1) is 11.2. The van der Waals surface area contributed by atoms with Crippen LogP contribution >= 0.6 is 27.5 Å². The highest BCUT2D eigenvalue weighted by atomic mass is 79.9. The monoisotopic (exact) mass is 297 g/mol. The minimum Gasteiger partial charge on any atom is -0.297 e. The van der Waals surface area contributed by atoms with E-state index in [0.717, 1.165) is 4.47 Å². The van der Waals surface area contributed by atoms with Crippen molar-refractivity contribution < 1.29 is 4.79 Å². The number of hydrogen-bond acceptors (Lipinski definition) is 4. The molecule has 1 aromatic heterocycles. The van der Waals surface area contributed by atoms with Crippen molar-refractivity contribution in [1.29, 1.82) is 0 Å². The molecule has 2 aromatic rings. The van der Waals surface area contributed by atoms with Gasteiger partial charge in [0, 0.05) is 21.6 Å². The molecule has 6 heteroatoms. The highest BCUT2D eigenvalue weighted by molar-refractivity contribution is 9.10. The molecule has 0 saturated heterocycles. The van der Waals surface area contributed by atoms with E-state index in [1.54, 1.807) is 19.1 Å². The van der Waals surface area contributed by atoms with Gasteiger partial charge in [-0.25, -0.2) is 4.98 Å². The second kappa shape index (κ2) is 4.71. The third kappa shape index (κ3) is 2.65. The van der Waals surface area contributed by atoms with Crippen molar-refractivity contribution in [1.82, 2.24) is 9.36 Å². The zero-order valence-corrected chi connectivity index (χ0v) is 10.8. The Bertz CT molecular complexity index is 526. The lowest BCUT2D eigenvalue weighted by atomic mass is 10.2. The van der Waals surface area contributed by atoms with Gasteiger partial charge < -0.3 is 0 Å². The smallest absolute Gasteiger partial charge is 0.257 e. The SMILES string of the molecule is Cc1nsc(NC(=O)c2cccc(Br)c2)n1. The fourth-order valence-electron chi connectivity index (χ4n) is 1.15. The Morgan fingerprint density at radius 1 is 1.50 bits per heavy atom. The van der Waals surface area contributed by atoms with Gasteiger partial charge in [-0.05, 0) is 25.1 Å². The highest BCUT2D eigenvalue weighted by Crippen LogP contribution is 2.15. The van der Waals surface area contributed by atoms with Crippen LogP contribution in [0.5, 0.6) is 0 Å². The van der Waals surface area contributed by atoms with Crippen LogP contribution in [-0.2, 0) is 0 Å². The van der Waals surface area contributed by atoms with E-state index in [0.29, 0.717) is 16.5 Å². The number of aromatic nitrogens is 2. The molecular weight excluding hydrogens is 290 g/mol. The zero-order chi connectivity index (χ0) is 11.5. The van der Waals surface area contributed by atoms with Crippen molar-refractivity contribution >= 4 is 38.5 Å². The topological polar surface area (TPSA) is 54.9 Å². The fraction of sp³-hybridized carbons (Fsp3) is 0.100. The number of aryl methyl sites for hydroxylation is 1. The molecule has 2 rings (SSSR count). The van der Waals surface area contributed by atoms with Crippen LogP contribution in [0.15, 0.2) is 28.7 Å². The van der Waals surface area contributed by atoms with Gasteiger partial charge in [0.05, 0.1) is 0 Å². The molecule has 0 fully saturated rings. The second-order valence-electron chi connectivity index (χ2n) is 3.11. The number of carbonyl (C=O) groups is 1. The lowest BCUT2D eigenvalue weighted by Gasteiger charge is -2.01. The lowest BCUT2D eigenvalue weighted by molar-refractivity contribution is 0.102. The summed E-state index contributed by atoms with van der Waals surface area (Å²) < 4.78 is 4.86. The molecule has 1 heterocycles. The molecule has 82 valence electrons. The third-order valence-electron chi connectivity index (χ3n) is 1.83. The number of halogens is 1. The quantitative estimate of drug-likeness (QED) is 0.927. The number of benzene rings is 1. The molecule has 0 aliphatic carbocycles. The van der Waals surface area contributed by atoms with E-state index in [2.05, 4.69) is 30.6 Å². The van der Waals surface area contributed by atoms with E-state index in [9.17, 15) is 4.79 Å². The number of rotatable bonds is 2. The molecule has 0 aliphatic rings. The number of nitrogens with zero attached hydrogens (tertiary/aromatic N) is 2. The molecule has 0 radical (unpaired) electrons. The van der Waals surface area contributed by atoms with Gasteiger partial charge in [0.25, 0.3) is 5.91 Å². The molecule has 1 N–H and O–H groups in total. The van der Waals surface area contributed by atoms with Gasteiger partial charge in [0.2, 0.25) is 5.13 Å². The molecule has 1 aromatic carbocycles. The maximum absolute atomic E-state index is 11.8. The van der Waals surface area contributed by atoms with Crippen molar-refractivity contribution in [3.63, 3.8) is 0 Å². The molecule has 16 heavy (non-hydrogen) atoms. The molecule has 0 saturated carbocycles. The summed E-state index contributed by atoms with van der Waals surface area (Å²) in [6.45, 7) is 1.78. The van der Waals surface area contributed by atoms with Gasteiger partial charge in [-0.1, -0.05) is 22.0 Å². The minimum absolute atomic E-state index is 0.183. The molecule has 0 atom stereocenters. The lowest BCUT2D eigenvalue weighted by Crippen LogP contribution is -2.11. The summed E-state index contributed by atoms with van der Waals surface area (Å²) in [5.74, 6) is 0.479. The number of amides is 1. The Balaban J connectivity index is 2.14. The molecule has 0 aliphatic heterocycles. The van der Waals surface area contributed by atoms with Crippen molar-refractivity contribution in [3.05, 3.63) is 40.1 Å². The minimum atomic E-state index is -0.183. The second-order valence-corrected chi connectivity index (χ2v) is 4.78. The first-order valence-electron chi connectivity index (χ1n) is 4.52. The summed E-state index contributed by atoms with van der Waals surface area (Å²) in [5, 5.41) is 3.21. The van der Waals surface area contributed by atoms with E-state index < -0.39 is 0 Å². The first-order chi connectivity index (χ1) is 7.65. The largest absolute Gasteiger partial charge is 0.297 e. The Morgan fingerprint density at radius 3 is 2.94 bits per heavy atom. The Morgan fingerprint density at radius 2 is 2.31 bits per heavy atom. The Kier molecular flexibility index (Phi) is 3.31. The van der Waals surface area contributed by atoms with Crippen molar-refractivity contribution in [2.24, 2.45) is 0 Å². The van der Waals surface area contributed by atoms with Gasteiger partial charge in [-0.3, -0.25) is 10.1 Å². The summed E-state index contributed by atoms with van der Waals surface area (Å²) in [5.41, 5.74) is 0.585. The Labute approximate surface area is 105 Å². The number of anilines is 1. The molecule has 4 nitrogen and oxygen atoms in total. The number of carbonyl (C=O) groups excluding carboxylic acids is 1. The number of hydrogen-bond donors (Lipinski definition) is 1. The number of nitrogens with one attached hydrogen (secondary N) is 1. The zero-order valence-electron chi connectivity index (χ0n) is 8.40. The predicted octanol–water partition coefficient (Wildman–Crippen LogP) is 2.86. The molecule has 0 bridgehead atoms. The maximum Gasteiger partial charge on any atom is 0.257 e. The molecule has 0 spiro atoms. The first-order valence-corrected chi connectivity index (χ1v) is 6.09. The van der Waals surface area contributed by atoms with Crippen LogP contribution in [0.2, 0.25) is 0 Å². The Hall–Kier alpha value is -1.27. The van der Waals surface area contributed by atoms with E-state index in [-0.39, 0.29) is 5.91 Å². The third-order valence-corrected chi connectivity index (χ3v) is 3.05. The average Bonchev–Trinajstić information content (AvgIpc) is 2.64. The van der Waals surface area contributed by atoms with Crippen LogP contribution in [0.1, 0.15) is 16.2 Å². The summed E-state index contributed by atoms with van der Waals surface area (Å²) in [7, 11) is 0. The van der Waals surface area contributed by atoms with Crippen LogP contribution in [-0.4, -0.2) is 15.3 Å². The molecule has 0 unspecified atom stereocenters. The fourth-order valence-corrected chi connectivity index (χ4v) is 2.12. The van der Waals surface area contributed by atoms with Gasteiger partial charge in [-0.2, -0.15) is 4.37 Å². The van der Waals surface area contributed by atoms with Crippen molar-refractivity contribution in [3.8, 4) is 0 Å². The summed E-state index contributed by atoms with van der Waals surface area (Å²) in [4.78, 5) is 15.8. The molecular formula is C10H8BrN3OS. The van der Waals surface area contributed by atoms with Gasteiger partial charge in [0.1, 0.15) is 5.82 Å². The van der Waals surface area contributed by atoms with Crippen LogP contribution in [0.3, 0.4) is 0 Å². The van der Waals surface area contributed by atoms with E-state index in [4.69, 9.17) is 0 Å². The maximum atomic E-state index is 11.8. The van der Waals surface area contributed by atoms with E-state index >= 15 is 0 Å². The van der Waals surface area contributed by atoms with Crippen molar-refractivity contribution in [2.45, 2.75) is 6.92 Å². The van der Waals surface area contributed by atoms with E-state index in [1.807, 2.05) is 12.1 Å². The normalized spacial score (nSPS) is 10.1. The highest BCUT2D eigenvalue weighted by Gasteiger charge is 2.08. The van der Waals surface area contributed by atoms with Gasteiger partial charge in [-0.15, -0.1) is 0 Å². The van der Waals surface area contributed by atoms with Crippen LogP contribution < -0.4 is 5.32 Å². The van der Waals surface area contributed by atoms with Gasteiger partial charge in [0.15, 0.2) is 0 Å². The standard InChI is InChI=1S/C10H8BrN3OS/c1-6-12-10(16-14-6)13-9(15)7-3-2-4-8(11)5-7/h2-5H,1H3,(H,12,13,14,15). The van der Waals surface area contributed by atoms with Crippen LogP contribution in [0, 0.1) is 6.92 Å². The van der Waals surface area contributed by atoms with E-state index in [1.165, 1.54) is 11.5 Å².